The lowest BCUT2D eigenvalue weighted by Crippen LogP contribution is -2.37. The Hall–Kier alpha value is -2.96. The highest BCUT2D eigenvalue weighted by molar-refractivity contribution is 5.76. The van der Waals surface area contributed by atoms with Crippen LogP contribution in [0.5, 0.6) is 0 Å². The molecule has 1 atom stereocenters. The van der Waals surface area contributed by atoms with Crippen molar-refractivity contribution in [2.24, 2.45) is 5.41 Å². The second kappa shape index (κ2) is 7.46. The van der Waals surface area contributed by atoms with Gasteiger partial charge in [0.15, 0.2) is 0 Å². The summed E-state index contributed by atoms with van der Waals surface area (Å²) in [5.41, 5.74) is 3.67. The van der Waals surface area contributed by atoms with Crippen molar-refractivity contribution in [3.05, 3.63) is 65.5 Å². The van der Waals surface area contributed by atoms with Gasteiger partial charge in [0, 0.05) is 24.7 Å². The fourth-order valence-corrected chi connectivity index (χ4v) is 4.07. The molecule has 1 aliphatic rings. The molecular weight excluding hydrogens is 369 g/mol. The first kappa shape index (κ1) is 19.4. The lowest BCUT2D eigenvalue weighted by atomic mass is 9.74. The molecule has 0 spiro atoms. The summed E-state index contributed by atoms with van der Waals surface area (Å²) in [6.45, 7) is 6.85. The van der Waals surface area contributed by atoms with Gasteiger partial charge in [0.05, 0.1) is 29.3 Å². The van der Waals surface area contributed by atoms with Gasteiger partial charge in [0.25, 0.3) is 0 Å². The van der Waals surface area contributed by atoms with Crippen LogP contribution in [0, 0.1) is 18.2 Å². The predicted molar refractivity (Wildman–Crippen MR) is 108 cm³/mol. The molecule has 0 radical (unpaired) electrons. The minimum absolute atomic E-state index is 0.00481. The maximum Gasteiger partial charge on any atom is 0.222 e. The van der Waals surface area contributed by atoms with Gasteiger partial charge in [-0.15, -0.1) is 0 Å². The van der Waals surface area contributed by atoms with Crippen LogP contribution in [0.25, 0.3) is 5.69 Å². The van der Waals surface area contributed by atoms with Crippen LogP contribution in [0.15, 0.2) is 42.7 Å². The van der Waals surface area contributed by atoms with Gasteiger partial charge >= 0.3 is 0 Å². The number of aromatic nitrogens is 4. The molecule has 1 N–H and O–H groups in total. The molecule has 0 fully saturated rings. The van der Waals surface area contributed by atoms with Crippen molar-refractivity contribution in [3.8, 4) is 5.69 Å². The molecule has 1 aliphatic carbocycles. The molecule has 0 bridgehead atoms. The summed E-state index contributed by atoms with van der Waals surface area (Å²) in [7, 11) is 0. The average Bonchev–Trinajstić information content (AvgIpc) is 3.25. The van der Waals surface area contributed by atoms with Gasteiger partial charge in [-0.2, -0.15) is 10.2 Å². The zero-order valence-electron chi connectivity index (χ0n) is 17.0. The van der Waals surface area contributed by atoms with Gasteiger partial charge in [-0.05, 0) is 49.4 Å². The van der Waals surface area contributed by atoms with Crippen LogP contribution in [0.4, 0.5) is 4.39 Å². The SMILES string of the molecule is Cc1ccn(CCC(=O)N[C@H]2CC(C)(C)Cc3c2cnn3-c2cccc(F)c2)n1. The summed E-state index contributed by atoms with van der Waals surface area (Å²) in [5, 5.41) is 12.0. The summed E-state index contributed by atoms with van der Waals surface area (Å²) in [6, 6.07) is 8.25. The van der Waals surface area contributed by atoms with E-state index >= 15 is 0 Å². The molecule has 0 aliphatic heterocycles. The standard InChI is InChI=1S/C22H26FN5O/c1-15-7-9-27(26-15)10-8-21(29)25-19-12-22(2,3)13-20-18(19)14-24-28(20)17-6-4-5-16(23)11-17/h4-7,9,11,14,19H,8,10,12-13H2,1-3H3,(H,25,29)/t19-/m0/s1. The molecule has 7 heteroatoms. The van der Waals surface area contributed by atoms with Gasteiger partial charge in [-0.25, -0.2) is 9.07 Å². The Bertz CT molecular complexity index is 1040. The van der Waals surface area contributed by atoms with Crippen molar-refractivity contribution in [1.82, 2.24) is 24.9 Å². The van der Waals surface area contributed by atoms with Crippen LogP contribution in [0.1, 0.15) is 49.7 Å². The van der Waals surface area contributed by atoms with Gasteiger partial charge < -0.3 is 5.32 Å². The second-order valence-corrected chi connectivity index (χ2v) is 8.57. The fourth-order valence-electron chi connectivity index (χ4n) is 4.07. The molecule has 29 heavy (non-hydrogen) atoms. The summed E-state index contributed by atoms with van der Waals surface area (Å²) in [4.78, 5) is 12.6. The Balaban J connectivity index is 1.54. The number of amides is 1. The number of halogens is 1. The van der Waals surface area contributed by atoms with Crippen LogP contribution in [0.3, 0.4) is 0 Å². The van der Waals surface area contributed by atoms with Crippen LogP contribution in [-0.4, -0.2) is 25.5 Å². The Morgan fingerprint density at radius 1 is 1.34 bits per heavy atom. The summed E-state index contributed by atoms with van der Waals surface area (Å²) >= 11 is 0. The van der Waals surface area contributed by atoms with E-state index in [4.69, 9.17) is 0 Å². The number of aryl methyl sites for hydroxylation is 2. The second-order valence-electron chi connectivity index (χ2n) is 8.57. The number of fused-ring (bicyclic) bond motifs is 1. The third-order valence-electron chi connectivity index (χ3n) is 5.41. The number of carbonyl (C=O) groups excluding carboxylic acids is 1. The molecule has 0 saturated heterocycles. The predicted octanol–water partition coefficient (Wildman–Crippen LogP) is 3.74. The van der Waals surface area contributed by atoms with Crippen LogP contribution in [-0.2, 0) is 17.8 Å². The number of benzene rings is 1. The number of carbonyl (C=O) groups is 1. The Kier molecular flexibility index (Phi) is 4.98. The van der Waals surface area contributed by atoms with Crippen LogP contribution in [0.2, 0.25) is 0 Å². The first-order chi connectivity index (χ1) is 13.8. The summed E-state index contributed by atoms with van der Waals surface area (Å²) in [5.74, 6) is -0.300. The van der Waals surface area contributed by atoms with E-state index in [1.54, 1.807) is 21.6 Å². The van der Waals surface area contributed by atoms with Gasteiger partial charge in [0.1, 0.15) is 5.82 Å². The molecule has 2 heterocycles. The minimum atomic E-state index is -0.291. The highest BCUT2D eigenvalue weighted by atomic mass is 19.1. The van der Waals surface area contributed by atoms with Crippen molar-refractivity contribution in [2.75, 3.05) is 0 Å². The van der Waals surface area contributed by atoms with E-state index in [1.807, 2.05) is 25.3 Å². The maximum absolute atomic E-state index is 13.7. The van der Waals surface area contributed by atoms with Crippen molar-refractivity contribution < 1.29 is 9.18 Å². The van der Waals surface area contributed by atoms with Gasteiger partial charge in [-0.1, -0.05) is 19.9 Å². The first-order valence-electron chi connectivity index (χ1n) is 9.93. The Morgan fingerprint density at radius 3 is 2.90 bits per heavy atom. The molecule has 1 amide bonds. The van der Waals surface area contributed by atoms with Gasteiger partial charge in [0.2, 0.25) is 5.91 Å². The molecule has 6 nitrogen and oxygen atoms in total. The summed E-state index contributed by atoms with van der Waals surface area (Å²) in [6.07, 6.45) is 5.70. The Morgan fingerprint density at radius 2 is 2.17 bits per heavy atom. The topological polar surface area (TPSA) is 64.7 Å². The largest absolute Gasteiger partial charge is 0.349 e. The molecule has 3 aromatic rings. The number of nitrogens with one attached hydrogen (secondary N) is 1. The third kappa shape index (κ3) is 4.23. The molecular formula is C22H26FN5O. The summed E-state index contributed by atoms with van der Waals surface area (Å²) < 4.78 is 17.3. The van der Waals surface area contributed by atoms with E-state index in [9.17, 15) is 9.18 Å². The Labute approximate surface area is 169 Å². The number of rotatable bonds is 5. The monoisotopic (exact) mass is 395 g/mol. The molecule has 1 aromatic carbocycles. The molecule has 0 unspecified atom stereocenters. The van der Waals surface area contributed by atoms with Crippen molar-refractivity contribution in [3.63, 3.8) is 0 Å². The lowest BCUT2D eigenvalue weighted by Gasteiger charge is -2.36. The molecule has 2 aromatic heterocycles. The van der Waals surface area contributed by atoms with Crippen LogP contribution >= 0.6 is 0 Å². The zero-order chi connectivity index (χ0) is 20.6. The van der Waals surface area contributed by atoms with Crippen molar-refractivity contribution in [2.45, 2.75) is 52.6 Å². The normalized spacial score (nSPS) is 17.7. The number of hydrogen-bond acceptors (Lipinski definition) is 3. The average molecular weight is 395 g/mol. The maximum atomic E-state index is 13.7. The van der Waals surface area contributed by atoms with E-state index in [1.165, 1.54) is 12.1 Å². The highest BCUT2D eigenvalue weighted by Gasteiger charge is 2.36. The number of hydrogen-bond donors (Lipinski definition) is 1. The van der Waals surface area contributed by atoms with Crippen molar-refractivity contribution >= 4 is 5.91 Å². The lowest BCUT2D eigenvalue weighted by molar-refractivity contribution is -0.122. The molecule has 4 rings (SSSR count). The zero-order valence-corrected chi connectivity index (χ0v) is 17.0. The molecule has 0 saturated carbocycles. The third-order valence-corrected chi connectivity index (χ3v) is 5.41. The van der Waals surface area contributed by atoms with E-state index in [0.717, 1.165) is 29.8 Å². The van der Waals surface area contributed by atoms with Gasteiger partial charge in [-0.3, -0.25) is 9.48 Å². The van der Waals surface area contributed by atoms with E-state index in [2.05, 4.69) is 29.4 Å². The molecule has 152 valence electrons. The van der Waals surface area contributed by atoms with E-state index in [0.29, 0.717) is 18.7 Å². The van der Waals surface area contributed by atoms with Crippen molar-refractivity contribution in [1.29, 1.82) is 0 Å². The number of nitrogens with zero attached hydrogens (tertiary/aromatic N) is 4. The smallest absolute Gasteiger partial charge is 0.222 e. The first-order valence-corrected chi connectivity index (χ1v) is 9.93. The highest BCUT2D eigenvalue weighted by Crippen LogP contribution is 2.41. The van der Waals surface area contributed by atoms with Crippen LogP contribution < -0.4 is 5.32 Å². The quantitative estimate of drug-likeness (QED) is 0.716. The fraction of sp³-hybridized carbons (Fsp3) is 0.409. The van der Waals surface area contributed by atoms with E-state index < -0.39 is 0 Å². The van der Waals surface area contributed by atoms with E-state index in [-0.39, 0.29) is 23.2 Å². The minimum Gasteiger partial charge on any atom is -0.349 e.